The number of benzene rings is 1. The van der Waals surface area contributed by atoms with Crippen LogP contribution in [0.1, 0.15) is 13.8 Å². The van der Waals surface area contributed by atoms with Gasteiger partial charge >= 0.3 is 0 Å². The zero-order valence-electron chi connectivity index (χ0n) is 12.3. The molecule has 2 N–H and O–H groups in total. The molecule has 0 radical (unpaired) electrons. The minimum atomic E-state index is -3.84. The number of methoxy groups -OCH3 is 1. The van der Waals surface area contributed by atoms with Gasteiger partial charge in [0.15, 0.2) is 0 Å². The SMILES string of the molecule is CNc1cc([N+](=O)[O-])ccc1S(=O)(=O)NC(C)(C)COC. The van der Waals surface area contributed by atoms with Gasteiger partial charge in [0, 0.05) is 26.3 Å². The molecule has 21 heavy (non-hydrogen) atoms. The van der Waals surface area contributed by atoms with Gasteiger partial charge in [-0.2, -0.15) is 0 Å². The first kappa shape index (κ1) is 17.3. The molecule has 118 valence electrons. The third-order valence-corrected chi connectivity index (χ3v) is 4.40. The Kier molecular flexibility index (Phi) is 5.26. The van der Waals surface area contributed by atoms with E-state index in [0.29, 0.717) is 0 Å². The fourth-order valence-electron chi connectivity index (χ4n) is 1.87. The summed E-state index contributed by atoms with van der Waals surface area (Å²) in [5.41, 5.74) is -0.834. The number of nitrogens with zero attached hydrogens (tertiary/aromatic N) is 1. The summed E-state index contributed by atoms with van der Waals surface area (Å²) in [5, 5.41) is 13.4. The lowest BCUT2D eigenvalue weighted by atomic mass is 10.1. The van der Waals surface area contributed by atoms with Crippen LogP contribution in [0.3, 0.4) is 0 Å². The van der Waals surface area contributed by atoms with Crippen molar-refractivity contribution in [2.45, 2.75) is 24.3 Å². The Balaban J connectivity index is 3.22. The van der Waals surface area contributed by atoms with Gasteiger partial charge < -0.3 is 10.1 Å². The molecule has 0 aliphatic rings. The van der Waals surface area contributed by atoms with Crippen LogP contribution in [-0.4, -0.2) is 39.6 Å². The van der Waals surface area contributed by atoms with Crippen LogP contribution in [0.25, 0.3) is 0 Å². The van der Waals surface area contributed by atoms with E-state index in [2.05, 4.69) is 10.0 Å². The lowest BCUT2D eigenvalue weighted by Crippen LogP contribution is -2.46. The number of sulfonamides is 1. The lowest BCUT2D eigenvalue weighted by molar-refractivity contribution is -0.384. The highest BCUT2D eigenvalue weighted by Crippen LogP contribution is 2.26. The summed E-state index contributed by atoms with van der Waals surface area (Å²) >= 11 is 0. The van der Waals surface area contributed by atoms with E-state index in [0.717, 1.165) is 6.07 Å². The smallest absolute Gasteiger partial charge is 0.271 e. The van der Waals surface area contributed by atoms with Crippen LogP contribution < -0.4 is 10.0 Å². The van der Waals surface area contributed by atoms with Gasteiger partial charge in [0.1, 0.15) is 4.90 Å². The largest absolute Gasteiger partial charge is 0.387 e. The zero-order valence-corrected chi connectivity index (χ0v) is 13.2. The molecule has 1 aromatic carbocycles. The molecule has 0 bridgehead atoms. The van der Waals surface area contributed by atoms with E-state index in [9.17, 15) is 18.5 Å². The van der Waals surface area contributed by atoms with Crippen molar-refractivity contribution in [1.29, 1.82) is 0 Å². The Morgan fingerprint density at radius 1 is 1.38 bits per heavy atom. The summed E-state index contributed by atoms with van der Waals surface area (Å²) in [6.07, 6.45) is 0. The Morgan fingerprint density at radius 3 is 2.48 bits per heavy atom. The van der Waals surface area contributed by atoms with Gasteiger partial charge in [0.05, 0.1) is 22.8 Å². The molecule has 0 fully saturated rings. The zero-order chi connectivity index (χ0) is 16.3. The van der Waals surface area contributed by atoms with Gasteiger partial charge in [-0.25, -0.2) is 13.1 Å². The predicted molar refractivity (Wildman–Crippen MR) is 78.9 cm³/mol. The normalized spacial score (nSPS) is 12.2. The second-order valence-electron chi connectivity index (χ2n) is 5.11. The molecule has 0 saturated heterocycles. The molecule has 8 nitrogen and oxygen atoms in total. The molecule has 0 aromatic heterocycles. The van der Waals surface area contributed by atoms with Crippen molar-refractivity contribution >= 4 is 21.4 Å². The summed E-state index contributed by atoms with van der Waals surface area (Å²) < 4.78 is 32.3. The average molecular weight is 317 g/mol. The first-order valence-electron chi connectivity index (χ1n) is 6.12. The molecule has 0 amide bonds. The van der Waals surface area contributed by atoms with Crippen molar-refractivity contribution in [1.82, 2.24) is 4.72 Å². The molecule has 9 heteroatoms. The number of hydrogen-bond donors (Lipinski definition) is 2. The van der Waals surface area contributed by atoms with E-state index in [1.165, 1.54) is 26.3 Å². The van der Waals surface area contributed by atoms with Crippen LogP contribution in [0.5, 0.6) is 0 Å². The van der Waals surface area contributed by atoms with E-state index in [-0.39, 0.29) is 22.9 Å². The average Bonchev–Trinajstić information content (AvgIpc) is 2.36. The topological polar surface area (TPSA) is 111 Å². The molecule has 0 aliphatic carbocycles. The predicted octanol–water partition coefficient (Wildman–Crippen LogP) is 1.34. The molecular formula is C12H19N3O5S. The van der Waals surface area contributed by atoms with Gasteiger partial charge in [-0.05, 0) is 19.9 Å². The number of rotatable bonds is 7. The molecule has 1 aromatic rings. The van der Waals surface area contributed by atoms with Crippen LogP contribution >= 0.6 is 0 Å². The van der Waals surface area contributed by atoms with Crippen molar-refractivity contribution in [3.63, 3.8) is 0 Å². The highest BCUT2D eigenvalue weighted by molar-refractivity contribution is 7.89. The van der Waals surface area contributed by atoms with Crippen molar-refractivity contribution in [3.05, 3.63) is 28.3 Å². The Labute approximate surface area is 123 Å². The molecule has 0 spiro atoms. The van der Waals surface area contributed by atoms with E-state index in [1.807, 2.05) is 0 Å². The highest BCUT2D eigenvalue weighted by Gasteiger charge is 2.28. The first-order valence-corrected chi connectivity index (χ1v) is 7.60. The van der Waals surface area contributed by atoms with Crippen LogP contribution in [0.15, 0.2) is 23.1 Å². The van der Waals surface area contributed by atoms with Crippen LogP contribution in [0.2, 0.25) is 0 Å². The number of hydrogen-bond acceptors (Lipinski definition) is 6. The van der Waals surface area contributed by atoms with E-state index in [4.69, 9.17) is 4.74 Å². The second-order valence-corrected chi connectivity index (χ2v) is 6.76. The molecule has 0 aliphatic heterocycles. The maximum atomic E-state index is 12.4. The van der Waals surface area contributed by atoms with Crippen molar-refractivity contribution < 1.29 is 18.1 Å². The van der Waals surface area contributed by atoms with Crippen LogP contribution in [-0.2, 0) is 14.8 Å². The molecule has 0 saturated carbocycles. The molecular weight excluding hydrogens is 298 g/mol. The van der Waals surface area contributed by atoms with E-state index >= 15 is 0 Å². The number of non-ortho nitro benzene ring substituents is 1. The quantitative estimate of drug-likeness (QED) is 0.580. The number of nitro benzene ring substituents is 1. The van der Waals surface area contributed by atoms with Crippen LogP contribution in [0, 0.1) is 10.1 Å². The fraction of sp³-hybridized carbons (Fsp3) is 0.500. The van der Waals surface area contributed by atoms with E-state index in [1.54, 1.807) is 13.8 Å². The summed E-state index contributed by atoms with van der Waals surface area (Å²) in [4.78, 5) is 10.1. The number of ether oxygens (including phenoxy) is 1. The molecule has 0 heterocycles. The van der Waals surface area contributed by atoms with Gasteiger partial charge in [-0.1, -0.05) is 0 Å². The summed E-state index contributed by atoms with van der Waals surface area (Å²) in [5.74, 6) is 0. The lowest BCUT2D eigenvalue weighted by Gasteiger charge is -2.25. The van der Waals surface area contributed by atoms with E-state index < -0.39 is 20.5 Å². The van der Waals surface area contributed by atoms with Crippen molar-refractivity contribution in [2.24, 2.45) is 0 Å². The van der Waals surface area contributed by atoms with Gasteiger partial charge in [0.25, 0.3) is 5.69 Å². The number of nitro groups is 1. The highest BCUT2D eigenvalue weighted by atomic mass is 32.2. The number of nitrogens with one attached hydrogen (secondary N) is 2. The van der Waals surface area contributed by atoms with Gasteiger partial charge in [-0.3, -0.25) is 10.1 Å². The Bertz CT molecular complexity index is 628. The van der Waals surface area contributed by atoms with Crippen LogP contribution in [0.4, 0.5) is 11.4 Å². The summed E-state index contributed by atoms with van der Waals surface area (Å²) in [6, 6.07) is 3.53. The monoisotopic (exact) mass is 317 g/mol. The maximum absolute atomic E-state index is 12.4. The third kappa shape index (κ3) is 4.38. The Morgan fingerprint density at radius 2 is 2.00 bits per heavy atom. The second kappa shape index (κ2) is 6.37. The fourth-order valence-corrected chi connectivity index (χ4v) is 3.46. The molecule has 0 atom stereocenters. The first-order chi connectivity index (χ1) is 9.63. The minimum absolute atomic E-state index is 0.0558. The third-order valence-electron chi connectivity index (χ3n) is 2.65. The number of anilines is 1. The van der Waals surface area contributed by atoms with Gasteiger partial charge in [0.2, 0.25) is 10.0 Å². The standard InChI is InChI=1S/C12H19N3O5S/c1-12(2,8-20-4)14-21(18,19)11-6-5-9(15(16)17)7-10(11)13-3/h5-7,13-14H,8H2,1-4H3. The molecule has 1 rings (SSSR count). The van der Waals surface area contributed by atoms with Crippen molar-refractivity contribution in [2.75, 3.05) is 26.1 Å². The van der Waals surface area contributed by atoms with Gasteiger partial charge in [-0.15, -0.1) is 0 Å². The Hall–Kier alpha value is -1.71. The summed E-state index contributed by atoms with van der Waals surface area (Å²) in [6.45, 7) is 3.55. The minimum Gasteiger partial charge on any atom is -0.387 e. The summed E-state index contributed by atoms with van der Waals surface area (Å²) in [7, 11) is -0.869. The van der Waals surface area contributed by atoms with Crippen molar-refractivity contribution in [3.8, 4) is 0 Å². The molecule has 0 unspecified atom stereocenters. The maximum Gasteiger partial charge on any atom is 0.271 e.